The maximum absolute atomic E-state index is 8.36. The van der Waals surface area contributed by atoms with Crippen LogP contribution in [-0.2, 0) is 14.2 Å². The second-order valence-electron chi connectivity index (χ2n) is 3.32. The molecular weight excluding hydrogens is 244 g/mol. The molecular formula is C11H26O7. The summed E-state index contributed by atoms with van der Waals surface area (Å²) in [7, 11) is 0. The van der Waals surface area contributed by atoms with Crippen LogP contribution in [0, 0.1) is 0 Å². The lowest BCUT2D eigenvalue weighted by Gasteiger charge is -2.04. The van der Waals surface area contributed by atoms with Crippen molar-refractivity contribution in [2.24, 2.45) is 0 Å². The van der Waals surface area contributed by atoms with Gasteiger partial charge in [0.15, 0.2) is 0 Å². The summed E-state index contributed by atoms with van der Waals surface area (Å²) in [5, 5.41) is 32.7. The second-order valence-corrected chi connectivity index (χ2v) is 3.32. The van der Waals surface area contributed by atoms with Gasteiger partial charge in [0.25, 0.3) is 0 Å². The van der Waals surface area contributed by atoms with Gasteiger partial charge in [-0.1, -0.05) is 0 Å². The van der Waals surface area contributed by atoms with E-state index in [0.29, 0.717) is 39.6 Å². The molecule has 7 heteroatoms. The van der Waals surface area contributed by atoms with Crippen molar-refractivity contribution in [3.63, 3.8) is 0 Å². The molecule has 112 valence electrons. The van der Waals surface area contributed by atoms with Crippen LogP contribution in [0.4, 0.5) is 0 Å². The first-order valence-electron chi connectivity index (χ1n) is 5.92. The summed E-state index contributed by atoms with van der Waals surface area (Å²) in [4.78, 5) is 0. The molecule has 0 aliphatic carbocycles. The monoisotopic (exact) mass is 270 g/mol. The van der Waals surface area contributed by atoms with Gasteiger partial charge in [0.2, 0.25) is 0 Å². The Morgan fingerprint density at radius 1 is 0.722 bits per heavy atom. The zero-order chi connectivity index (χ0) is 14.1. The third-order valence-corrected chi connectivity index (χ3v) is 1.48. The molecule has 1 unspecified atom stereocenters. The van der Waals surface area contributed by atoms with Crippen LogP contribution in [0.2, 0.25) is 0 Å². The van der Waals surface area contributed by atoms with Gasteiger partial charge in [-0.3, -0.25) is 0 Å². The minimum Gasteiger partial charge on any atom is -0.394 e. The van der Waals surface area contributed by atoms with E-state index >= 15 is 0 Å². The molecule has 18 heavy (non-hydrogen) atoms. The zero-order valence-corrected chi connectivity index (χ0v) is 11.0. The Morgan fingerprint density at radius 2 is 1.00 bits per heavy atom. The van der Waals surface area contributed by atoms with E-state index in [-0.39, 0.29) is 19.8 Å². The Labute approximate surface area is 108 Å². The fourth-order valence-electron chi connectivity index (χ4n) is 0.671. The average Bonchev–Trinajstić information content (AvgIpc) is 2.37. The van der Waals surface area contributed by atoms with Crippen LogP contribution in [0.1, 0.15) is 6.92 Å². The van der Waals surface area contributed by atoms with Crippen molar-refractivity contribution in [2.75, 3.05) is 59.5 Å². The molecule has 1 atom stereocenters. The fraction of sp³-hybridized carbons (Fsp3) is 1.00. The SMILES string of the molecule is CC(O)CO.OCCOCCOCCOCCO. The highest BCUT2D eigenvalue weighted by atomic mass is 16.5. The minimum absolute atomic E-state index is 0.0413. The van der Waals surface area contributed by atoms with E-state index in [1.807, 2.05) is 0 Å². The van der Waals surface area contributed by atoms with E-state index in [4.69, 9.17) is 34.6 Å². The lowest BCUT2D eigenvalue weighted by molar-refractivity contribution is 0.00230. The molecule has 0 aromatic carbocycles. The van der Waals surface area contributed by atoms with E-state index in [1.54, 1.807) is 0 Å². The molecule has 0 aliphatic rings. The van der Waals surface area contributed by atoms with Crippen molar-refractivity contribution < 1.29 is 34.6 Å². The zero-order valence-electron chi connectivity index (χ0n) is 11.0. The smallest absolute Gasteiger partial charge is 0.0742 e. The van der Waals surface area contributed by atoms with Gasteiger partial charge in [-0.2, -0.15) is 0 Å². The Morgan fingerprint density at radius 3 is 1.22 bits per heavy atom. The van der Waals surface area contributed by atoms with E-state index in [9.17, 15) is 0 Å². The van der Waals surface area contributed by atoms with E-state index in [2.05, 4.69) is 0 Å². The summed E-state index contributed by atoms with van der Waals surface area (Å²) in [5.74, 6) is 0. The topological polar surface area (TPSA) is 109 Å². The molecule has 7 nitrogen and oxygen atoms in total. The molecule has 0 spiro atoms. The van der Waals surface area contributed by atoms with E-state index in [1.165, 1.54) is 6.92 Å². The normalized spacial score (nSPS) is 11.8. The average molecular weight is 270 g/mol. The lowest BCUT2D eigenvalue weighted by atomic mass is 10.5. The summed E-state index contributed by atoms with van der Waals surface area (Å²) in [5.41, 5.74) is 0. The molecule has 0 amide bonds. The van der Waals surface area contributed by atoms with Gasteiger partial charge in [-0.25, -0.2) is 0 Å². The van der Waals surface area contributed by atoms with Gasteiger partial charge in [0.05, 0.1) is 65.6 Å². The fourth-order valence-corrected chi connectivity index (χ4v) is 0.671. The van der Waals surface area contributed by atoms with Gasteiger partial charge in [-0.05, 0) is 6.92 Å². The molecule has 0 aromatic rings. The van der Waals surface area contributed by atoms with Crippen LogP contribution in [0.5, 0.6) is 0 Å². The van der Waals surface area contributed by atoms with Crippen molar-refractivity contribution >= 4 is 0 Å². The van der Waals surface area contributed by atoms with Crippen molar-refractivity contribution in [2.45, 2.75) is 13.0 Å². The molecule has 0 radical (unpaired) electrons. The Hall–Kier alpha value is -0.280. The van der Waals surface area contributed by atoms with Crippen LogP contribution in [0.3, 0.4) is 0 Å². The van der Waals surface area contributed by atoms with Gasteiger partial charge >= 0.3 is 0 Å². The first-order chi connectivity index (χ1) is 8.68. The van der Waals surface area contributed by atoms with Gasteiger partial charge in [0.1, 0.15) is 0 Å². The summed E-state index contributed by atoms with van der Waals surface area (Å²) < 4.78 is 15.0. The highest BCUT2D eigenvalue weighted by Gasteiger charge is 1.89. The quantitative estimate of drug-likeness (QED) is 0.334. The number of hydrogen-bond donors (Lipinski definition) is 4. The molecule has 0 saturated carbocycles. The Balaban J connectivity index is 0. The number of ether oxygens (including phenoxy) is 3. The van der Waals surface area contributed by atoms with Crippen LogP contribution in [0.15, 0.2) is 0 Å². The predicted octanol–water partition coefficient (Wildman–Crippen LogP) is -1.62. The Kier molecular flexibility index (Phi) is 21.2. The van der Waals surface area contributed by atoms with Crippen LogP contribution in [0.25, 0.3) is 0 Å². The highest BCUT2D eigenvalue weighted by Crippen LogP contribution is 1.80. The maximum Gasteiger partial charge on any atom is 0.0742 e. The Bertz CT molecular complexity index is 123. The molecule has 4 N–H and O–H groups in total. The summed E-state index contributed by atoms with van der Waals surface area (Å²) in [6.45, 7) is 4.15. The molecule has 0 heterocycles. The van der Waals surface area contributed by atoms with Gasteiger partial charge in [-0.15, -0.1) is 0 Å². The maximum atomic E-state index is 8.36. The summed E-state index contributed by atoms with van der Waals surface area (Å²) in [6.07, 6.45) is -0.560. The van der Waals surface area contributed by atoms with Crippen LogP contribution in [-0.4, -0.2) is 86.0 Å². The number of aliphatic hydroxyl groups is 4. The highest BCUT2D eigenvalue weighted by molar-refractivity contribution is 4.34. The molecule has 0 fully saturated rings. The van der Waals surface area contributed by atoms with Crippen molar-refractivity contribution in [1.29, 1.82) is 0 Å². The first kappa shape index (κ1) is 20.0. The predicted molar refractivity (Wildman–Crippen MR) is 65.4 cm³/mol. The number of aliphatic hydroxyl groups excluding tert-OH is 4. The summed E-state index contributed by atoms with van der Waals surface area (Å²) >= 11 is 0. The van der Waals surface area contributed by atoms with Crippen molar-refractivity contribution in [3.8, 4) is 0 Å². The van der Waals surface area contributed by atoms with Crippen molar-refractivity contribution in [3.05, 3.63) is 0 Å². The van der Waals surface area contributed by atoms with Crippen LogP contribution >= 0.6 is 0 Å². The van der Waals surface area contributed by atoms with Crippen LogP contribution < -0.4 is 0 Å². The third kappa shape index (κ3) is 24.8. The molecule has 0 aliphatic heterocycles. The van der Waals surface area contributed by atoms with Gasteiger partial charge < -0.3 is 34.6 Å². The van der Waals surface area contributed by atoms with Crippen molar-refractivity contribution in [1.82, 2.24) is 0 Å². The van der Waals surface area contributed by atoms with Gasteiger partial charge in [0, 0.05) is 0 Å². The molecule has 0 bridgehead atoms. The minimum atomic E-state index is -0.560. The number of hydrogen-bond acceptors (Lipinski definition) is 7. The molecule has 0 saturated heterocycles. The lowest BCUT2D eigenvalue weighted by Crippen LogP contribution is -2.11. The molecule has 0 aromatic heterocycles. The standard InChI is InChI=1S/C8H18O5.C3H8O2/c9-1-3-11-5-7-13-8-6-12-4-2-10;1-3(5)2-4/h9-10H,1-8H2;3-5H,2H2,1H3. The molecule has 0 rings (SSSR count). The first-order valence-corrected chi connectivity index (χ1v) is 5.92. The van der Waals surface area contributed by atoms with E-state index in [0.717, 1.165) is 0 Å². The second kappa shape index (κ2) is 19.1. The van der Waals surface area contributed by atoms with E-state index < -0.39 is 6.10 Å². The third-order valence-electron chi connectivity index (χ3n) is 1.48. The largest absolute Gasteiger partial charge is 0.394 e. The summed E-state index contributed by atoms with van der Waals surface area (Å²) in [6, 6.07) is 0. The number of rotatable bonds is 11.